The van der Waals surface area contributed by atoms with Crippen LogP contribution in [0.25, 0.3) is 0 Å². The second-order valence-corrected chi connectivity index (χ2v) is 5.61. The molecule has 2 unspecified atom stereocenters. The number of carbonyl (C=O) groups is 1. The molecule has 15 heavy (non-hydrogen) atoms. The SMILES string of the molecule is CNC1(CC(=O)OC)CC(C)(C)CC1C. The molecule has 0 spiro atoms. The number of ether oxygens (including phenoxy) is 1. The average Bonchev–Trinajstić information content (AvgIpc) is 2.36. The van der Waals surface area contributed by atoms with E-state index in [4.69, 9.17) is 4.74 Å². The number of hydrogen-bond acceptors (Lipinski definition) is 3. The number of nitrogens with one attached hydrogen (secondary N) is 1. The second kappa shape index (κ2) is 4.12. The average molecular weight is 213 g/mol. The second-order valence-electron chi connectivity index (χ2n) is 5.61. The molecular formula is C12H23NO2. The predicted molar refractivity (Wildman–Crippen MR) is 60.6 cm³/mol. The van der Waals surface area contributed by atoms with Crippen molar-refractivity contribution in [2.24, 2.45) is 11.3 Å². The van der Waals surface area contributed by atoms with Gasteiger partial charge in [-0.2, -0.15) is 0 Å². The summed E-state index contributed by atoms with van der Waals surface area (Å²) in [4.78, 5) is 11.4. The molecular weight excluding hydrogens is 190 g/mol. The van der Waals surface area contributed by atoms with E-state index in [1.54, 1.807) is 0 Å². The molecule has 1 fully saturated rings. The first-order chi connectivity index (χ1) is 6.85. The summed E-state index contributed by atoms with van der Waals surface area (Å²) < 4.78 is 4.78. The van der Waals surface area contributed by atoms with Gasteiger partial charge in [-0.25, -0.2) is 0 Å². The van der Waals surface area contributed by atoms with Gasteiger partial charge in [0.1, 0.15) is 0 Å². The fourth-order valence-corrected chi connectivity index (χ4v) is 3.11. The summed E-state index contributed by atoms with van der Waals surface area (Å²) in [7, 11) is 3.40. The monoisotopic (exact) mass is 213 g/mol. The Bertz CT molecular complexity index is 250. The van der Waals surface area contributed by atoms with Crippen LogP contribution in [0.15, 0.2) is 0 Å². The fraction of sp³-hybridized carbons (Fsp3) is 0.917. The molecule has 2 atom stereocenters. The van der Waals surface area contributed by atoms with Crippen molar-refractivity contribution in [1.29, 1.82) is 0 Å². The Kier molecular flexibility index (Phi) is 3.44. The molecule has 0 bridgehead atoms. The zero-order valence-electron chi connectivity index (χ0n) is 10.5. The fourth-order valence-electron chi connectivity index (χ4n) is 3.11. The van der Waals surface area contributed by atoms with Crippen LogP contribution in [0.5, 0.6) is 0 Å². The molecule has 0 heterocycles. The van der Waals surface area contributed by atoms with Crippen LogP contribution in [0, 0.1) is 11.3 Å². The number of rotatable bonds is 3. The van der Waals surface area contributed by atoms with Crippen molar-refractivity contribution in [2.45, 2.75) is 45.6 Å². The summed E-state index contributed by atoms with van der Waals surface area (Å²) in [6.07, 6.45) is 2.67. The quantitative estimate of drug-likeness (QED) is 0.728. The van der Waals surface area contributed by atoms with Gasteiger partial charge in [0.25, 0.3) is 0 Å². The molecule has 1 saturated carbocycles. The summed E-state index contributed by atoms with van der Waals surface area (Å²) in [6.45, 7) is 6.74. The van der Waals surface area contributed by atoms with Crippen molar-refractivity contribution in [3.8, 4) is 0 Å². The maximum Gasteiger partial charge on any atom is 0.307 e. The van der Waals surface area contributed by atoms with Gasteiger partial charge >= 0.3 is 5.97 Å². The van der Waals surface area contributed by atoms with E-state index in [0.717, 1.165) is 12.8 Å². The third-order valence-corrected chi connectivity index (χ3v) is 3.78. The van der Waals surface area contributed by atoms with Gasteiger partial charge < -0.3 is 10.1 Å². The van der Waals surface area contributed by atoms with Crippen molar-refractivity contribution < 1.29 is 9.53 Å². The van der Waals surface area contributed by atoms with Crippen molar-refractivity contribution in [3.63, 3.8) is 0 Å². The van der Waals surface area contributed by atoms with Crippen LogP contribution < -0.4 is 5.32 Å². The topological polar surface area (TPSA) is 38.3 Å². The highest BCUT2D eigenvalue weighted by Crippen LogP contribution is 2.48. The van der Waals surface area contributed by atoms with E-state index in [1.807, 2.05) is 7.05 Å². The minimum atomic E-state index is -0.117. The standard InChI is InChI=1S/C12H23NO2/c1-9-6-11(2,3)8-12(9,13-4)7-10(14)15-5/h9,13H,6-8H2,1-5H3. The first-order valence-electron chi connectivity index (χ1n) is 5.61. The largest absolute Gasteiger partial charge is 0.469 e. The van der Waals surface area contributed by atoms with Gasteiger partial charge in [0, 0.05) is 5.54 Å². The Morgan fingerprint density at radius 3 is 2.47 bits per heavy atom. The Labute approximate surface area is 92.6 Å². The molecule has 3 heteroatoms. The van der Waals surface area contributed by atoms with E-state index in [0.29, 0.717) is 17.8 Å². The molecule has 1 rings (SSSR count). The molecule has 0 aromatic rings. The van der Waals surface area contributed by atoms with Gasteiger partial charge in [0.05, 0.1) is 13.5 Å². The molecule has 3 nitrogen and oxygen atoms in total. The highest BCUT2D eigenvalue weighted by molar-refractivity contribution is 5.71. The molecule has 1 aliphatic carbocycles. The van der Waals surface area contributed by atoms with E-state index in [2.05, 4.69) is 26.1 Å². The van der Waals surface area contributed by atoms with Crippen LogP contribution in [0.2, 0.25) is 0 Å². The van der Waals surface area contributed by atoms with E-state index in [9.17, 15) is 4.79 Å². The lowest BCUT2D eigenvalue weighted by molar-refractivity contribution is -0.142. The maximum atomic E-state index is 11.4. The highest BCUT2D eigenvalue weighted by atomic mass is 16.5. The molecule has 0 radical (unpaired) electrons. The predicted octanol–water partition coefficient (Wildman–Crippen LogP) is 1.96. The van der Waals surface area contributed by atoms with Gasteiger partial charge in [-0.1, -0.05) is 20.8 Å². The number of carbonyl (C=O) groups excluding carboxylic acids is 1. The van der Waals surface area contributed by atoms with Gasteiger partial charge in [0.15, 0.2) is 0 Å². The summed E-state index contributed by atoms with van der Waals surface area (Å²) in [5, 5.41) is 3.35. The molecule has 0 aromatic carbocycles. The van der Waals surface area contributed by atoms with E-state index < -0.39 is 0 Å². The lowest BCUT2D eigenvalue weighted by atomic mass is 9.83. The first kappa shape index (κ1) is 12.5. The van der Waals surface area contributed by atoms with Crippen molar-refractivity contribution in [3.05, 3.63) is 0 Å². The Hall–Kier alpha value is -0.570. The minimum Gasteiger partial charge on any atom is -0.469 e. The molecule has 1 aliphatic rings. The number of hydrogen-bond donors (Lipinski definition) is 1. The molecule has 0 aromatic heterocycles. The smallest absolute Gasteiger partial charge is 0.307 e. The molecule has 0 aliphatic heterocycles. The van der Waals surface area contributed by atoms with Crippen LogP contribution in [0.3, 0.4) is 0 Å². The van der Waals surface area contributed by atoms with Crippen LogP contribution in [-0.2, 0) is 9.53 Å². The Balaban J connectivity index is 2.81. The Morgan fingerprint density at radius 1 is 1.53 bits per heavy atom. The third kappa shape index (κ3) is 2.51. The van der Waals surface area contributed by atoms with Gasteiger partial charge in [0.2, 0.25) is 0 Å². The normalized spacial score (nSPS) is 34.1. The number of esters is 1. The molecule has 88 valence electrons. The van der Waals surface area contributed by atoms with Crippen molar-refractivity contribution in [2.75, 3.05) is 14.2 Å². The lowest BCUT2D eigenvalue weighted by Crippen LogP contribution is -2.47. The van der Waals surface area contributed by atoms with E-state index >= 15 is 0 Å². The molecule has 0 amide bonds. The molecule has 1 N–H and O–H groups in total. The summed E-state index contributed by atoms with van der Waals surface area (Å²) in [5.74, 6) is 0.394. The van der Waals surface area contributed by atoms with Crippen LogP contribution in [0.1, 0.15) is 40.0 Å². The van der Waals surface area contributed by atoms with Gasteiger partial charge in [-0.05, 0) is 31.2 Å². The van der Waals surface area contributed by atoms with Crippen molar-refractivity contribution >= 4 is 5.97 Å². The molecule has 0 saturated heterocycles. The van der Waals surface area contributed by atoms with Crippen LogP contribution >= 0.6 is 0 Å². The van der Waals surface area contributed by atoms with E-state index in [-0.39, 0.29) is 11.5 Å². The van der Waals surface area contributed by atoms with Gasteiger partial charge in [-0.15, -0.1) is 0 Å². The number of methoxy groups -OCH3 is 1. The summed E-state index contributed by atoms with van der Waals surface area (Å²) in [6, 6.07) is 0. The van der Waals surface area contributed by atoms with Crippen LogP contribution in [-0.4, -0.2) is 25.7 Å². The highest BCUT2D eigenvalue weighted by Gasteiger charge is 2.48. The van der Waals surface area contributed by atoms with Crippen LogP contribution in [0.4, 0.5) is 0 Å². The minimum absolute atomic E-state index is 0.0728. The maximum absolute atomic E-state index is 11.4. The zero-order valence-corrected chi connectivity index (χ0v) is 10.5. The summed E-state index contributed by atoms with van der Waals surface area (Å²) in [5.41, 5.74) is 0.243. The Morgan fingerprint density at radius 2 is 2.13 bits per heavy atom. The van der Waals surface area contributed by atoms with E-state index in [1.165, 1.54) is 7.11 Å². The first-order valence-corrected chi connectivity index (χ1v) is 5.61. The third-order valence-electron chi connectivity index (χ3n) is 3.78. The van der Waals surface area contributed by atoms with Crippen molar-refractivity contribution in [1.82, 2.24) is 5.32 Å². The summed E-state index contributed by atoms with van der Waals surface area (Å²) >= 11 is 0. The zero-order chi connectivity index (χ0) is 11.7. The lowest BCUT2D eigenvalue weighted by Gasteiger charge is -2.33. The van der Waals surface area contributed by atoms with Gasteiger partial charge in [-0.3, -0.25) is 4.79 Å².